The maximum absolute atomic E-state index is 12.4. The van der Waals surface area contributed by atoms with Gasteiger partial charge >= 0.3 is 0 Å². The molecule has 3 aromatic heterocycles. The first kappa shape index (κ1) is 16.7. The number of amides is 1. The second-order valence-corrected chi connectivity index (χ2v) is 5.88. The molecule has 0 saturated carbocycles. The van der Waals surface area contributed by atoms with E-state index in [4.69, 9.17) is 4.74 Å². The molecule has 0 saturated heterocycles. The second-order valence-electron chi connectivity index (χ2n) is 5.88. The second kappa shape index (κ2) is 7.24. The van der Waals surface area contributed by atoms with E-state index >= 15 is 0 Å². The highest BCUT2D eigenvalue weighted by Gasteiger charge is 2.11. The van der Waals surface area contributed by atoms with Gasteiger partial charge in [-0.1, -0.05) is 12.1 Å². The van der Waals surface area contributed by atoms with Crippen LogP contribution in [0.25, 0.3) is 5.65 Å². The Morgan fingerprint density at radius 2 is 2.00 bits per heavy atom. The summed E-state index contributed by atoms with van der Waals surface area (Å²) in [4.78, 5) is 16.4. The van der Waals surface area contributed by atoms with Crippen molar-refractivity contribution in [2.45, 2.75) is 13.1 Å². The molecule has 0 unspecified atom stereocenters. The Morgan fingerprint density at radius 1 is 1.15 bits per heavy atom. The van der Waals surface area contributed by atoms with Gasteiger partial charge in [-0.05, 0) is 23.8 Å². The van der Waals surface area contributed by atoms with Gasteiger partial charge in [-0.25, -0.2) is 4.98 Å². The van der Waals surface area contributed by atoms with Gasteiger partial charge in [0.25, 0.3) is 5.91 Å². The number of benzene rings is 1. The molecule has 1 aromatic carbocycles. The lowest BCUT2D eigenvalue weighted by Crippen LogP contribution is -2.24. The average Bonchev–Trinajstić information content (AvgIpc) is 3.36. The third kappa shape index (κ3) is 3.61. The van der Waals surface area contributed by atoms with Crippen LogP contribution in [-0.4, -0.2) is 42.4 Å². The molecule has 0 aliphatic heterocycles. The van der Waals surface area contributed by atoms with Crippen molar-refractivity contribution in [3.05, 3.63) is 72.1 Å². The van der Waals surface area contributed by atoms with Gasteiger partial charge in [0.1, 0.15) is 0 Å². The molecular formula is C18H17N7O2. The van der Waals surface area contributed by atoms with Gasteiger partial charge in [0, 0.05) is 30.6 Å². The van der Waals surface area contributed by atoms with Crippen molar-refractivity contribution in [2.75, 3.05) is 7.11 Å². The summed E-state index contributed by atoms with van der Waals surface area (Å²) in [5.74, 6) is 0.779. The van der Waals surface area contributed by atoms with Crippen LogP contribution in [0, 0.1) is 0 Å². The molecule has 0 aliphatic rings. The molecule has 1 N–H and O–H groups in total. The molecule has 0 spiro atoms. The normalized spacial score (nSPS) is 10.9. The Kier molecular flexibility index (Phi) is 4.48. The Balaban J connectivity index is 1.42. The maximum atomic E-state index is 12.4. The molecule has 0 aliphatic carbocycles. The van der Waals surface area contributed by atoms with Crippen molar-refractivity contribution in [1.82, 2.24) is 34.7 Å². The minimum atomic E-state index is -0.191. The van der Waals surface area contributed by atoms with Crippen molar-refractivity contribution in [1.29, 1.82) is 0 Å². The summed E-state index contributed by atoms with van der Waals surface area (Å²) in [6, 6.07) is 10.9. The van der Waals surface area contributed by atoms with Crippen molar-refractivity contribution < 1.29 is 9.53 Å². The molecule has 4 rings (SSSR count). The fourth-order valence-corrected chi connectivity index (χ4v) is 2.65. The number of hydrogen-bond donors (Lipinski definition) is 1. The lowest BCUT2D eigenvalue weighted by Gasteiger charge is -2.06. The summed E-state index contributed by atoms with van der Waals surface area (Å²) >= 11 is 0. The van der Waals surface area contributed by atoms with Gasteiger partial charge < -0.3 is 14.6 Å². The smallest absolute Gasteiger partial charge is 0.251 e. The summed E-state index contributed by atoms with van der Waals surface area (Å²) in [6.07, 6.45) is 5.39. The van der Waals surface area contributed by atoms with Crippen molar-refractivity contribution in [3.63, 3.8) is 0 Å². The van der Waals surface area contributed by atoms with Crippen LogP contribution in [0.2, 0.25) is 0 Å². The van der Waals surface area contributed by atoms with Gasteiger partial charge in [0.2, 0.25) is 5.88 Å². The van der Waals surface area contributed by atoms with Crippen LogP contribution in [0.3, 0.4) is 0 Å². The molecule has 27 heavy (non-hydrogen) atoms. The van der Waals surface area contributed by atoms with E-state index in [1.54, 1.807) is 41.3 Å². The van der Waals surface area contributed by atoms with E-state index in [1.165, 1.54) is 7.11 Å². The van der Waals surface area contributed by atoms with E-state index in [1.807, 2.05) is 22.9 Å². The van der Waals surface area contributed by atoms with Crippen LogP contribution < -0.4 is 10.1 Å². The third-order valence-corrected chi connectivity index (χ3v) is 4.06. The number of nitrogens with zero attached hydrogens (tertiary/aromatic N) is 6. The third-order valence-electron chi connectivity index (χ3n) is 4.06. The van der Waals surface area contributed by atoms with E-state index < -0.39 is 0 Å². The summed E-state index contributed by atoms with van der Waals surface area (Å²) in [7, 11) is 1.54. The highest BCUT2D eigenvalue weighted by molar-refractivity contribution is 5.94. The first-order valence-electron chi connectivity index (χ1n) is 8.31. The quantitative estimate of drug-likeness (QED) is 0.554. The molecule has 9 nitrogen and oxygen atoms in total. The van der Waals surface area contributed by atoms with Crippen LogP contribution in [0.5, 0.6) is 5.88 Å². The minimum Gasteiger partial charge on any atom is -0.480 e. The number of hydrogen-bond acceptors (Lipinski definition) is 6. The average molecular weight is 363 g/mol. The van der Waals surface area contributed by atoms with Crippen LogP contribution in [-0.2, 0) is 13.1 Å². The van der Waals surface area contributed by atoms with Crippen LogP contribution in [0.1, 0.15) is 21.7 Å². The van der Waals surface area contributed by atoms with E-state index in [9.17, 15) is 4.79 Å². The topological polar surface area (TPSA) is 99.2 Å². The van der Waals surface area contributed by atoms with Gasteiger partial charge in [-0.3, -0.25) is 4.79 Å². The molecule has 0 fully saturated rings. The zero-order valence-electron chi connectivity index (χ0n) is 14.6. The molecule has 0 radical (unpaired) electrons. The fourth-order valence-electron chi connectivity index (χ4n) is 2.65. The van der Waals surface area contributed by atoms with Crippen molar-refractivity contribution in [3.8, 4) is 5.88 Å². The monoisotopic (exact) mass is 363 g/mol. The van der Waals surface area contributed by atoms with Gasteiger partial charge in [-0.2, -0.15) is 4.52 Å². The largest absolute Gasteiger partial charge is 0.480 e. The highest BCUT2D eigenvalue weighted by atomic mass is 16.5. The first-order valence-corrected chi connectivity index (χ1v) is 8.31. The predicted molar refractivity (Wildman–Crippen MR) is 96.3 cm³/mol. The number of ether oxygens (including phenoxy) is 1. The molecule has 0 atom stereocenters. The predicted octanol–water partition coefficient (Wildman–Crippen LogP) is 1.31. The van der Waals surface area contributed by atoms with E-state index in [0.29, 0.717) is 29.5 Å². The van der Waals surface area contributed by atoms with E-state index in [2.05, 4.69) is 25.6 Å². The first-order chi connectivity index (χ1) is 13.2. The maximum Gasteiger partial charge on any atom is 0.251 e. The molecule has 0 bridgehead atoms. The summed E-state index contributed by atoms with van der Waals surface area (Å²) in [5, 5.41) is 15.2. The van der Waals surface area contributed by atoms with Crippen LogP contribution >= 0.6 is 0 Å². The Morgan fingerprint density at radius 3 is 2.74 bits per heavy atom. The fraction of sp³-hybridized carbons (Fsp3) is 0.167. The minimum absolute atomic E-state index is 0.191. The number of carbonyl (C=O) groups is 1. The van der Waals surface area contributed by atoms with Crippen LogP contribution in [0.15, 0.2) is 55.1 Å². The van der Waals surface area contributed by atoms with Gasteiger partial charge in [-0.15, -0.1) is 15.3 Å². The van der Waals surface area contributed by atoms with E-state index in [-0.39, 0.29) is 12.5 Å². The highest BCUT2D eigenvalue weighted by Crippen LogP contribution is 2.09. The zero-order chi connectivity index (χ0) is 18.6. The zero-order valence-corrected chi connectivity index (χ0v) is 14.6. The van der Waals surface area contributed by atoms with Crippen molar-refractivity contribution >= 4 is 11.6 Å². The molecule has 3 heterocycles. The molecule has 1 amide bonds. The molecule has 136 valence electrons. The van der Waals surface area contributed by atoms with E-state index in [0.717, 1.165) is 5.56 Å². The number of nitrogens with one attached hydrogen (secondary N) is 1. The summed E-state index contributed by atoms with van der Waals surface area (Å²) < 4.78 is 8.62. The Labute approximate surface area is 154 Å². The Hall–Kier alpha value is -3.75. The molecular weight excluding hydrogens is 346 g/mol. The standard InChI is InChI=1S/C18H17N7O2/c1-27-17-7-6-15-21-22-16(25(15)23-17)10-20-18(26)14-4-2-13(3-5-14)11-24-9-8-19-12-24/h2-9,12H,10-11H2,1H3,(H,20,26). The lowest BCUT2D eigenvalue weighted by atomic mass is 10.1. The summed E-state index contributed by atoms with van der Waals surface area (Å²) in [5.41, 5.74) is 2.25. The number of aromatic nitrogens is 6. The number of fused-ring (bicyclic) bond motifs is 1. The number of methoxy groups -OCH3 is 1. The number of imidazole rings is 1. The number of rotatable bonds is 6. The summed E-state index contributed by atoms with van der Waals surface area (Å²) in [6.45, 7) is 0.915. The lowest BCUT2D eigenvalue weighted by molar-refractivity contribution is 0.0949. The molecule has 9 heteroatoms. The van der Waals surface area contributed by atoms with Crippen molar-refractivity contribution in [2.24, 2.45) is 0 Å². The van der Waals surface area contributed by atoms with Crippen LogP contribution in [0.4, 0.5) is 0 Å². The Bertz CT molecular complexity index is 1060. The van der Waals surface area contributed by atoms with Gasteiger partial charge in [0.05, 0.1) is 20.0 Å². The number of carbonyl (C=O) groups excluding carboxylic acids is 1. The SMILES string of the molecule is COc1ccc2nnc(CNC(=O)c3ccc(Cn4ccnc4)cc3)n2n1. The molecule has 4 aromatic rings. The van der Waals surface area contributed by atoms with Gasteiger partial charge in [0.15, 0.2) is 11.5 Å².